The van der Waals surface area contributed by atoms with E-state index in [9.17, 15) is 5.11 Å². The minimum absolute atomic E-state index is 0.130. The summed E-state index contributed by atoms with van der Waals surface area (Å²) in [6.07, 6.45) is 0.771. The van der Waals surface area contributed by atoms with Gasteiger partial charge in [-0.25, -0.2) is 0 Å². The summed E-state index contributed by atoms with van der Waals surface area (Å²) in [5.41, 5.74) is 6.56. The number of hydrogen-bond donors (Lipinski definition) is 2. The first-order valence-corrected chi connectivity index (χ1v) is 5.21. The van der Waals surface area contributed by atoms with Crippen molar-refractivity contribution in [2.75, 3.05) is 7.11 Å². The molecule has 0 unspecified atom stereocenters. The Bertz CT molecular complexity index is 328. The van der Waals surface area contributed by atoms with E-state index in [0.29, 0.717) is 11.3 Å². The van der Waals surface area contributed by atoms with Gasteiger partial charge < -0.3 is 15.6 Å². The van der Waals surface area contributed by atoms with Crippen molar-refractivity contribution in [2.45, 2.75) is 19.4 Å². The third kappa shape index (κ3) is 2.19. The average molecular weight is 260 g/mol. The van der Waals surface area contributed by atoms with Crippen molar-refractivity contribution in [1.29, 1.82) is 0 Å². The van der Waals surface area contributed by atoms with Crippen molar-refractivity contribution in [2.24, 2.45) is 5.73 Å². The Balaban J connectivity index is 3.21. The molecule has 0 aliphatic heterocycles. The minimum atomic E-state index is -0.165. The van der Waals surface area contributed by atoms with Gasteiger partial charge in [-0.3, -0.25) is 0 Å². The van der Waals surface area contributed by atoms with Crippen LogP contribution in [-0.2, 0) is 0 Å². The molecule has 0 spiro atoms. The summed E-state index contributed by atoms with van der Waals surface area (Å²) in [4.78, 5) is 0. The lowest BCUT2D eigenvalue weighted by molar-refractivity contribution is 0.368. The Morgan fingerprint density at radius 3 is 2.71 bits per heavy atom. The van der Waals surface area contributed by atoms with Crippen LogP contribution in [0.3, 0.4) is 0 Å². The van der Waals surface area contributed by atoms with Gasteiger partial charge in [-0.05, 0) is 18.6 Å². The zero-order valence-corrected chi connectivity index (χ0v) is 9.84. The SMILES string of the molecule is CC[C@@H](N)c1cc(Br)cc(OC)c1O. The molecule has 1 aromatic carbocycles. The molecule has 0 saturated carbocycles. The zero-order valence-electron chi connectivity index (χ0n) is 8.25. The molecule has 0 saturated heterocycles. The predicted molar refractivity (Wildman–Crippen MR) is 59.6 cm³/mol. The molecule has 3 N–H and O–H groups in total. The first kappa shape index (κ1) is 11.3. The second-order valence-electron chi connectivity index (χ2n) is 3.06. The zero-order chi connectivity index (χ0) is 10.7. The maximum Gasteiger partial charge on any atom is 0.162 e. The molecule has 1 aromatic rings. The third-order valence-corrected chi connectivity index (χ3v) is 2.59. The molecule has 0 bridgehead atoms. The number of rotatable bonds is 3. The van der Waals surface area contributed by atoms with Gasteiger partial charge in [0, 0.05) is 16.1 Å². The highest BCUT2D eigenvalue weighted by Crippen LogP contribution is 2.36. The van der Waals surface area contributed by atoms with Crippen molar-refractivity contribution in [3.63, 3.8) is 0 Å². The van der Waals surface area contributed by atoms with Crippen LogP contribution in [0.2, 0.25) is 0 Å². The summed E-state index contributed by atoms with van der Waals surface area (Å²) >= 11 is 3.34. The van der Waals surface area contributed by atoms with E-state index >= 15 is 0 Å². The van der Waals surface area contributed by atoms with E-state index < -0.39 is 0 Å². The van der Waals surface area contributed by atoms with Crippen LogP contribution in [0.1, 0.15) is 24.9 Å². The summed E-state index contributed by atoms with van der Waals surface area (Å²) in [7, 11) is 1.52. The molecule has 0 heterocycles. The number of ether oxygens (including phenoxy) is 1. The third-order valence-electron chi connectivity index (χ3n) is 2.13. The van der Waals surface area contributed by atoms with Crippen LogP contribution in [0.5, 0.6) is 11.5 Å². The number of nitrogens with two attached hydrogens (primary N) is 1. The number of methoxy groups -OCH3 is 1. The molecule has 0 fully saturated rings. The van der Waals surface area contributed by atoms with Crippen LogP contribution >= 0.6 is 15.9 Å². The minimum Gasteiger partial charge on any atom is -0.504 e. The summed E-state index contributed by atoms with van der Waals surface area (Å²) in [5, 5.41) is 9.79. The molecule has 3 nitrogen and oxygen atoms in total. The summed E-state index contributed by atoms with van der Waals surface area (Å²) in [5.74, 6) is 0.573. The fourth-order valence-electron chi connectivity index (χ4n) is 1.25. The van der Waals surface area contributed by atoms with Crippen LogP contribution in [0.4, 0.5) is 0 Å². The standard InChI is InChI=1S/C10H14BrNO2/c1-3-8(12)7-4-6(11)5-9(14-2)10(7)13/h4-5,8,13H,3,12H2,1-2H3/t8-/m1/s1. The lowest BCUT2D eigenvalue weighted by Crippen LogP contribution is -2.09. The monoisotopic (exact) mass is 259 g/mol. The number of benzene rings is 1. The molecule has 14 heavy (non-hydrogen) atoms. The maximum atomic E-state index is 9.79. The molecule has 0 aromatic heterocycles. The number of phenols is 1. The first-order chi connectivity index (χ1) is 6.60. The topological polar surface area (TPSA) is 55.5 Å². The normalized spacial score (nSPS) is 12.6. The number of halogens is 1. The van der Waals surface area contributed by atoms with E-state index in [4.69, 9.17) is 10.5 Å². The van der Waals surface area contributed by atoms with Crippen LogP contribution in [-0.4, -0.2) is 12.2 Å². The van der Waals surface area contributed by atoms with Gasteiger partial charge in [-0.2, -0.15) is 0 Å². The van der Waals surface area contributed by atoms with E-state index in [-0.39, 0.29) is 11.8 Å². The van der Waals surface area contributed by atoms with Crippen LogP contribution < -0.4 is 10.5 Å². The van der Waals surface area contributed by atoms with Crippen LogP contribution in [0, 0.1) is 0 Å². The largest absolute Gasteiger partial charge is 0.504 e. The molecule has 1 rings (SSSR count). The van der Waals surface area contributed by atoms with Gasteiger partial charge in [0.1, 0.15) is 0 Å². The Morgan fingerprint density at radius 1 is 1.57 bits per heavy atom. The van der Waals surface area contributed by atoms with Crippen LogP contribution in [0.25, 0.3) is 0 Å². The lowest BCUT2D eigenvalue weighted by atomic mass is 10.0. The molecular weight excluding hydrogens is 246 g/mol. The van der Waals surface area contributed by atoms with Crippen LogP contribution in [0.15, 0.2) is 16.6 Å². The van der Waals surface area contributed by atoms with Crippen molar-refractivity contribution >= 4 is 15.9 Å². The summed E-state index contributed by atoms with van der Waals surface area (Å²) in [6.45, 7) is 1.97. The van der Waals surface area contributed by atoms with Gasteiger partial charge >= 0.3 is 0 Å². The average Bonchev–Trinajstić information content (AvgIpc) is 2.19. The molecule has 0 aliphatic carbocycles. The van der Waals surface area contributed by atoms with Gasteiger partial charge in [-0.1, -0.05) is 22.9 Å². The van der Waals surface area contributed by atoms with Gasteiger partial charge in [0.05, 0.1) is 7.11 Å². The Kier molecular flexibility index (Phi) is 3.77. The lowest BCUT2D eigenvalue weighted by Gasteiger charge is -2.14. The first-order valence-electron chi connectivity index (χ1n) is 4.42. The second-order valence-corrected chi connectivity index (χ2v) is 3.98. The van der Waals surface area contributed by atoms with E-state index in [1.807, 2.05) is 13.0 Å². The molecule has 78 valence electrons. The second kappa shape index (κ2) is 4.66. The van der Waals surface area contributed by atoms with E-state index in [1.165, 1.54) is 7.11 Å². The van der Waals surface area contributed by atoms with Gasteiger partial charge in [0.2, 0.25) is 0 Å². The van der Waals surface area contributed by atoms with Crippen molar-refractivity contribution in [3.8, 4) is 11.5 Å². The van der Waals surface area contributed by atoms with E-state index in [1.54, 1.807) is 6.07 Å². The van der Waals surface area contributed by atoms with Gasteiger partial charge in [0.25, 0.3) is 0 Å². The molecule has 0 amide bonds. The molecule has 1 atom stereocenters. The van der Waals surface area contributed by atoms with Crippen molar-refractivity contribution < 1.29 is 9.84 Å². The molecular formula is C10H14BrNO2. The Labute approximate surface area is 92.0 Å². The van der Waals surface area contributed by atoms with E-state index in [0.717, 1.165) is 10.9 Å². The van der Waals surface area contributed by atoms with Gasteiger partial charge in [-0.15, -0.1) is 0 Å². The predicted octanol–water partition coefficient (Wildman–Crippen LogP) is 2.57. The highest BCUT2D eigenvalue weighted by molar-refractivity contribution is 9.10. The Hall–Kier alpha value is -0.740. The summed E-state index contributed by atoms with van der Waals surface area (Å²) < 4.78 is 5.88. The molecule has 0 aliphatic rings. The fraction of sp³-hybridized carbons (Fsp3) is 0.400. The quantitative estimate of drug-likeness (QED) is 0.878. The maximum absolute atomic E-state index is 9.79. The van der Waals surface area contributed by atoms with Crippen molar-refractivity contribution in [3.05, 3.63) is 22.2 Å². The summed E-state index contributed by atoms with van der Waals surface area (Å²) in [6, 6.07) is 3.36. The number of hydrogen-bond acceptors (Lipinski definition) is 3. The fourth-order valence-corrected chi connectivity index (χ4v) is 1.71. The van der Waals surface area contributed by atoms with Crippen molar-refractivity contribution in [1.82, 2.24) is 0 Å². The van der Waals surface area contributed by atoms with Gasteiger partial charge in [0.15, 0.2) is 11.5 Å². The number of aromatic hydroxyl groups is 1. The smallest absolute Gasteiger partial charge is 0.162 e. The highest BCUT2D eigenvalue weighted by atomic mass is 79.9. The highest BCUT2D eigenvalue weighted by Gasteiger charge is 2.14. The van der Waals surface area contributed by atoms with E-state index in [2.05, 4.69) is 15.9 Å². The number of phenolic OH excluding ortho intramolecular Hbond substituents is 1. The molecule has 0 radical (unpaired) electrons. The molecule has 4 heteroatoms. The Morgan fingerprint density at radius 2 is 2.21 bits per heavy atom.